The van der Waals surface area contributed by atoms with Crippen LogP contribution in [0, 0.1) is 0 Å². The van der Waals surface area contributed by atoms with Crippen molar-refractivity contribution in [2.45, 2.75) is 6.04 Å². The minimum atomic E-state index is 0.422. The molecule has 1 aromatic rings. The first-order chi connectivity index (χ1) is 5.42. The normalized spacial score (nSPS) is 20.3. The van der Waals surface area contributed by atoms with Gasteiger partial charge in [0.2, 0.25) is 0 Å². The smallest absolute Gasteiger partial charge is 0.0513 e. The lowest BCUT2D eigenvalue weighted by atomic mass is 10.1. The molecule has 1 nitrogen and oxygen atoms in total. The first kappa shape index (κ1) is 6.62. The van der Waals surface area contributed by atoms with Crippen molar-refractivity contribution in [3.63, 3.8) is 0 Å². The van der Waals surface area contributed by atoms with Crippen LogP contribution in [0.1, 0.15) is 17.2 Å². The molecule has 1 aliphatic rings. The third-order valence-corrected chi connectivity index (χ3v) is 2.11. The van der Waals surface area contributed by atoms with Gasteiger partial charge in [0.1, 0.15) is 0 Å². The Kier molecular flexibility index (Phi) is 1.51. The summed E-state index contributed by atoms with van der Waals surface area (Å²) in [6, 6.07) is 8.88. The predicted octanol–water partition coefficient (Wildman–Crippen LogP) is 1.97. The van der Waals surface area contributed by atoms with Crippen LogP contribution in [0.2, 0.25) is 0 Å². The Morgan fingerprint density at radius 3 is 2.91 bits per heavy atom. The van der Waals surface area contributed by atoms with E-state index in [1.165, 1.54) is 11.1 Å². The van der Waals surface area contributed by atoms with Gasteiger partial charge in [-0.15, -0.1) is 0 Å². The second-order valence-electron chi connectivity index (χ2n) is 2.75. The third-order valence-electron chi connectivity index (χ3n) is 2.11. The summed E-state index contributed by atoms with van der Waals surface area (Å²) in [6.07, 6.45) is 4.35. The fourth-order valence-electron chi connectivity index (χ4n) is 1.50. The van der Waals surface area contributed by atoms with Crippen molar-refractivity contribution in [3.05, 3.63) is 41.5 Å². The van der Waals surface area contributed by atoms with E-state index in [9.17, 15) is 0 Å². The Labute approximate surface area is 66.7 Å². The summed E-state index contributed by atoms with van der Waals surface area (Å²) in [5.41, 5.74) is 2.72. The molecule has 0 saturated carbocycles. The van der Waals surface area contributed by atoms with Crippen molar-refractivity contribution in [2.24, 2.45) is 0 Å². The van der Waals surface area contributed by atoms with Gasteiger partial charge in [-0.05, 0) is 18.2 Å². The summed E-state index contributed by atoms with van der Waals surface area (Å²) in [7, 11) is 1.98. The number of nitrogens with one attached hydrogen (secondary N) is 1. The van der Waals surface area contributed by atoms with Gasteiger partial charge in [0.15, 0.2) is 0 Å². The lowest BCUT2D eigenvalue weighted by Crippen LogP contribution is -2.11. The Bertz CT molecular complexity index is 289. The summed E-state index contributed by atoms with van der Waals surface area (Å²) >= 11 is 0. The molecule has 0 heterocycles. The van der Waals surface area contributed by atoms with E-state index in [0.29, 0.717) is 6.04 Å². The SMILES string of the molecule is CN[C@H]1C=Cc2ccccc21. The number of benzene rings is 1. The highest BCUT2D eigenvalue weighted by molar-refractivity contribution is 5.61. The number of likely N-dealkylation sites (N-methyl/N-ethyl adjacent to an activating group) is 1. The van der Waals surface area contributed by atoms with Crippen molar-refractivity contribution in [1.82, 2.24) is 5.32 Å². The minimum Gasteiger partial charge on any atom is -0.310 e. The molecule has 0 aromatic heterocycles. The molecule has 2 rings (SSSR count). The fourth-order valence-corrected chi connectivity index (χ4v) is 1.50. The van der Waals surface area contributed by atoms with Crippen LogP contribution in [0.5, 0.6) is 0 Å². The van der Waals surface area contributed by atoms with Crippen LogP contribution in [0.25, 0.3) is 6.08 Å². The van der Waals surface area contributed by atoms with E-state index >= 15 is 0 Å². The molecule has 11 heavy (non-hydrogen) atoms. The molecule has 0 saturated heterocycles. The second kappa shape index (κ2) is 2.51. The summed E-state index contributed by atoms with van der Waals surface area (Å²) in [6.45, 7) is 0. The average Bonchev–Trinajstić information content (AvgIpc) is 2.47. The zero-order valence-corrected chi connectivity index (χ0v) is 6.54. The lowest BCUT2D eigenvalue weighted by Gasteiger charge is -2.07. The van der Waals surface area contributed by atoms with Gasteiger partial charge in [-0.25, -0.2) is 0 Å². The molecule has 56 valence electrons. The number of rotatable bonds is 1. The maximum atomic E-state index is 3.23. The van der Waals surface area contributed by atoms with Gasteiger partial charge in [0.05, 0.1) is 6.04 Å². The van der Waals surface area contributed by atoms with Gasteiger partial charge in [0.25, 0.3) is 0 Å². The standard InChI is InChI=1S/C10H11N/c1-11-10-7-6-8-4-2-3-5-9(8)10/h2-7,10-11H,1H3/t10-/m0/s1. The highest BCUT2D eigenvalue weighted by Crippen LogP contribution is 2.26. The first-order valence-corrected chi connectivity index (χ1v) is 3.86. The third kappa shape index (κ3) is 0.976. The average molecular weight is 145 g/mol. The quantitative estimate of drug-likeness (QED) is 0.637. The Morgan fingerprint density at radius 2 is 2.09 bits per heavy atom. The van der Waals surface area contributed by atoms with Gasteiger partial charge in [-0.3, -0.25) is 0 Å². The van der Waals surface area contributed by atoms with Crippen LogP contribution in [-0.4, -0.2) is 7.05 Å². The van der Waals surface area contributed by atoms with Crippen LogP contribution in [-0.2, 0) is 0 Å². The van der Waals surface area contributed by atoms with Gasteiger partial charge in [-0.1, -0.05) is 36.4 Å². The van der Waals surface area contributed by atoms with Crippen LogP contribution >= 0.6 is 0 Å². The fraction of sp³-hybridized carbons (Fsp3) is 0.200. The van der Waals surface area contributed by atoms with Crippen LogP contribution in [0.3, 0.4) is 0 Å². The topological polar surface area (TPSA) is 12.0 Å². The lowest BCUT2D eigenvalue weighted by molar-refractivity contribution is 0.725. The van der Waals surface area contributed by atoms with Crippen LogP contribution in [0.15, 0.2) is 30.3 Å². The first-order valence-electron chi connectivity index (χ1n) is 3.86. The number of hydrogen-bond donors (Lipinski definition) is 1. The molecular weight excluding hydrogens is 134 g/mol. The Morgan fingerprint density at radius 1 is 1.27 bits per heavy atom. The molecule has 0 unspecified atom stereocenters. The van der Waals surface area contributed by atoms with Crippen molar-refractivity contribution in [3.8, 4) is 0 Å². The monoisotopic (exact) mass is 145 g/mol. The molecule has 0 spiro atoms. The predicted molar refractivity (Wildman–Crippen MR) is 47.3 cm³/mol. The van der Waals surface area contributed by atoms with Gasteiger partial charge in [0, 0.05) is 0 Å². The van der Waals surface area contributed by atoms with Gasteiger partial charge >= 0.3 is 0 Å². The molecule has 0 bridgehead atoms. The van der Waals surface area contributed by atoms with E-state index in [-0.39, 0.29) is 0 Å². The van der Waals surface area contributed by atoms with Crippen molar-refractivity contribution in [2.75, 3.05) is 7.05 Å². The molecule has 0 radical (unpaired) electrons. The molecule has 0 aliphatic heterocycles. The molecule has 0 fully saturated rings. The maximum absolute atomic E-state index is 3.23. The molecule has 1 heteroatoms. The number of fused-ring (bicyclic) bond motifs is 1. The summed E-state index contributed by atoms with van der Waals surface area (Å²) in [5.74, 6) is 0. The summed E-state index contributed by atoms with van der Waals surface area (Å²) < 4.78 is 0. The van der Waals surface area contributed by atoms with E-state index in [1.54, 1.807) is 0 Å². The minimum absolute atomic E-state index is 0.422. The van der Waals surface area contributed by atoms with Crippen molar-refractivity contribution >= 4 is 6.08 Å². The summed E-state index contributed by atoms with van der Waals surface area (Å²) in [5, 5.41) is 3.23. The van der Waals surface area contributed by atoms with E-state index in [4.69, 9.17) is 0 Å². The molecule has 1 N–H and O–H groups in total. The van der Waals surface area contributed by atoms with Crippen molar-refractivity contribution in [1.29, 1.82) is 0 Å². The molecule has 0 amide bonds. The van der Waals surface area contributed by atoms with E-state index < -0.39 is 0 Å². The summed E-state index contributed by atoms with van der Waals surface area (Å²) in [4.78, 5) is 0. The Balaban J connectivity index is 2.46. The van der Waals surface area contributed by atoms with Crippen LogP contribution < -0.4 is 5.32 Å². The van der Waals surface area contributed by atoms with Gasteiger partial charge < -0.3 is 5.32 Å². The second-order valence-corrected chi connectivity index (χ2v) is 2.75. The molecule has 1 atom stereocenters. The highest BCUT2D eigenvalue weighted by atomic mass is 14.9. The van der Waals surface area contributed by atoms with E-state index in [0.717, 1.165) is 0 Å². The molecule has 1 aliphatic carbocycles. The highest BCUT2D eigenvalue weighted by Gasteiger charge is 2.13. The Hall–Kier alpha value is -1.08. The van der Waals surface area contributed by atoms with Crippen molar-refractivity contribution < 1.29 is 0 Å². The molecule has 1 aromatic carbocycles. The van der Waals surface area contributed by atoms with E-state index in [1.807, 2.05) is 7.05 Å². The maximum Gasteiger partial charge on any atom is 0.0513 e. The van der Waals surface area contributed by atoms with Gasteiger partial charge in [-0.2, -0.15) is 0 Å². The zero-order chi connectivity index (χ0) is 7.68. The van der Waals surface area contributed by atoms with Crippen LogP contribution in [0.4, 0.5) is 0 Å². The molecular formula is C10H11N. The number of hydrogen-bond acceptors (Lipinski definition) is 1. The zero-order valence-electron chi connectivity index (χ0n) is 6.54. The largest absolute Gasteiger partial charge is 0.310 e. The van der Waals surface area contributed by atoms with E-state index in [2.05, 4.69) is 41.7 Å².